The van der Waals surface area contributed by atoms with Crippen molar-refractivity contribution in [3.05, 3.63) is 60.5 Å². The smallest absolute Gasteiger partial charge is 0.229 e. The third-order valence-corrected chi connectivity index (χ3v) is 5.87. The number of hydrogen-bond donors (Lipinski definition) is 0. The molecule has 35 heavy (non-hydrogen) atoms. The highest BCUT2D eigenvalue weighted by Crippen LogP contribution is 2.27. The molecule has 1 aromatic carbocycles. The summed E-state index contributed by atoms with van der Waals surface area (Å²) in [5, 5.41) is 0. The van der Waals surface area contributed by atoms with E-state index < -0.39 is 0 Å². The Morgan fingerprint density at radius 3 is 2.37 bits per heavy atom. The predicted octanol–water partition coefficient (Wildman–Crippen LogP) is 3.61. The van der Waals surface area contributed by atoms with Crippen molar-refractivity contribution in [1.82, 2.24) is 15.0 Å². The molecule has 4 heterocycles. The zero-order valence-corrected chi connectivity index (χ0v) is 20.4. The first-order chi connectivity index (χ1) is 17.2. The van der Waals surface area contributed by atoms with Gasteiger partial charge in [-0.1, -0.05) is 6.07 Å². The number of ether oxygens (including phenoxy) is 1. The molecule has 0 N–H and O–H groups in total. The van der Waals surface area contributed by atoms with Crippen LogP contribution in [-0.4, -0.2) is 73.2 Å². The first kappa shape index (κ1) is 24.8. The molecule has 0 bridgehead atoms. The third-order valence-electron chi connectivity index (χ3n) is 5.87. The van der Waals surface area contributed by atoms with Gasteiger partial charge in [0.15, 0.2) is 0 Å². The topological polar surface area (TPSA) is 74.7 Å². The molecule has 1 amide bonds. The SMILES string of the molecule is CCl.O=C1CCN(c2cc(-c3ccc(F)cc3)nc(N3CCOCC3)n2)CCN1c1ccccn1. The standard InChI is InChI=1S/C24H25FN6O2.CH3Cl/c25-19-6-4-18(5-7-19)20-17-22(28-24(27-20)30-13-15-33-16-14-30)29-10-8-23(32)31(12-11-29)21-3-1-2-9-26-21;1-2/h1-7,9,17H,8,10-16H2;1H3. The van der Waals surface area contributed by atoms with Gasteiger partial charge in [0, 0.05) is 63.4 Å². The average molecular weight is 499 g/mol. The van der Waals surface area contributed by atoms with Crippen molar-refractivity contribution in [3.63, 3.8) is 0 Å². The fraction of sp³-hybridized carbons (Fsp3) is 0.360. The van der Waals surface area contributed by atoms with Crippen molar-refractivity contribution in [1.29, 1.82) is 0 Å². The maximum Gasteiger partial charge on any atom is 0.229 e. The monoisotopic (exact) mass is 498 g/mol. The van der Waals surface area contributed by atoms with Crippen molar-refractivity contribution in [2.75, 3.05) is 67.0 Å². The lowest BCUT2D eigenvalue weighted by atomic mass is 10.1. The maximum atomic E-state index is 13.5. The predicted molar refractivity (Wildman–Crippen MR) is 136 cm³/mol. The summed E-state index contributed by atoms with van der Waals surface area (Å²) in [6.45, 7) is 4.33. The molecule has 0 saturated carbocycles. The third kappa shape index (κ3) is 6.04. The highest BCUT2D eigenvalue weighted by molar-refractivity contribution is 6.15. The van der Waals surface area contributed by atoms with E-state index in [1.807, 2.05) is 24.3 Å². The van der Waals surface area contributed by atoms with Crippen LogP contribution in [0.5, 0.6) is 0 Å². The largest absolute Gasteiger partial charge is 0.378 e. The molecular formula is C25H28ClFN6O2. The molecular weight excluding hydrogens is 471 g/mol. The summed E-state index contributed by atoms with van der Waals surface area (Å²) in [6, 6.07) is 13.8. The molecule has 5 rings (SSSR count). The van der Waals surface area contributed by atoms with Crippen molar-refractivity contribution < 1.29 is 13.9 Å². The van der Waals surface area contributed by atoms with E-state index in [0.717, 1.165) is 17.1 Å². The number of halogens is 2. The number of hydrogen-bond acceptors (Lipinski definition) is 7. The maximum absolute atomic E-state index is 13.5. The first-order valence-electron chi connectivity index (χ1n) is 11.5. The van der Waals surface area contributed by atoms with Crippen LogP contribution in [0.3, 0.4) is 0 Å². The summed E-state index contributed by atoms with van der Waals surface area (Å²) in [6.07, 6.45) is 3.53. The number of carbonyl (C=O) groups excluding carboxylic acids is 1. The highest BCUT2D eigenvalue weighted by atomic mass is 35.5. The molecule has 0 atom stereocenters. The molecule has 10 heteroatoms. The molecule has 8 nitrogen and oxygen atoms in total. The average Bonchev–Trinajstić information content (AvgIpc) is 3.12. The minimum absolute atomic E-state index is 0.0393. The minimum Gasteiger partial charge on any atom is -0.378 e. The zero-order chi connectivity index (χ0) is 24.6. The molecule has 2 saturated heterocycles. The molecule has 0 aliphatic carbocycles. The Labute approximate surface area is 209 Å². The fourth-order valence-electron chi connectivity index (χ4n) is 4.06. The van der Waals surface area contributed by atoms with E-state index in [1.54, 1.807) is 23.2 Å². The van der Waals surface area contributed by atoms with Crippen LogP contribution in [0.25, 0.3) is 11.3 Å². The number of benzene rings is 1. The summed E-state index contributed by atoms with van der Waals surface area (Å²) in [7, 11) is 0. The van der Waals surface area contributed by atoms with Gasteiger partial charge in [0.2, 0.25) is 11.9 Å². The lowest BCUT2D eigenvalue weighted by molar-refractivity contribution is -0.118. The second-order valence-electron chi connectivity index (χ2n) is 7.99. The summed E-state index contributed by atoms with van der Waals surface area (Å²) in [5.74, 6) is 1.78. The second kappa shape index (κ2) is 11.9. The van der Waals surface area contributed by atoms with Gasteiger partial charge in [-0.15, -0.1) is 11.6 Å². The zero-order valence-electron chi connectivity index (χ0n) is 19.6. The molecule has 184 valence electrons. The second-order valence-corrected chi connectivity index (χ2v) is 7.99. The van der Waals surface area contributed by atoms with Crippen LogP contribution in [0.2, 0.25) is 0 Å². The number of anilines is 3. The Hall–Kier alpha value is -3.30. The number of carbonyl (C=O) groups is 1. The number of pyridine rings is 1. The molecule has 2 aliphatic rings. The Bertz CT molecular complexity index is 1110. The van der Waals surface area contributed by atoms with Crippen LogP contribution in [0.4, 0.5) is 22.0 Å². The molecule has 3 aromatic rings. The van der Waals surface area contributed by atoms with Crippen molar-refractivity contribution in [3.8, 4) is 11.3 Å². The van der Waals surface area contributed by atoms with Gasteiger partial charge in [-0.05, 0) is 36.4 Å². The number of alkyl halides is 1. The number of aromatic nitrogens is 3. The molecule has 2 fully saturated rings. The number of amides is 1. The van der Waals surface area contributed by atoms with Gasteiger partial charge in [0.1, 0.15) is 17.5 Å². The van der Waals surface area contributed by atoms with E-state index >= 15 is 0 Å². The van der Waals surface area contributed by atoms with E-state index in [-0.39, 0.29) is 11.7 Å². The number of rotatable bonds is 4. The van der Waals surface area contributed by atoms with Crippen LogP contribution in [-0.2, 0) is 9.53 Å². The Morgan fingerprint density at radius 1 is 0.886 bits per heavy atom. The quantitative estimate of drug-likeness (QED) is 0.509. The Balaban J connectivity index is 0.00000141. The summed E-state index contributed by atoms with van der Waals surface area (Å²) < 4.78 is 19.0. The summed E-state index contributed by atoms with van der Waals surface area (Å²) >= 11 is 4.64. The lowest BCUT2D eigenvalue weighted by Crippen LogP contribution is -2.38. The van der Waals surface area contributed by atoms with E-state index in [9.17, 15) is 9.18 Å². The molecule has 0 unspecified atom stereocenters. The van der Waals surface area contributed by atoms with E-state index in [2.05, 4.69) is 26.4 Å². The van der Waals surface area contributed by atoms with Crippen LogP contribution in [0.15, 0.2) is 54.7 Å². The van der Waals surface area contributed by atoms with Gasteiger partial charge < -0.3 is 14.5 Å². The highest BCUT2D eigenvalue weighted by Gasteiger charge is 2.25. The minimum atomic E-state index is -0.290. The van der Waals surface area contributed by atoms with Crippen LogP contribution >= 0.6 is 11.6 Å². The Morgan fingerprint density at radius 2 is 1.66 bits per heavy atom. The van der Waals surface area contributed by atoms with Gasteiger partial charge in [-0.2, -0.15) is 4.98 Å². The molecule has 0 radical (unpaired) electrons. The van der Waals surface area contributed by atoms with Crippen molar-refractivity contribution in [2.45, 2.75) is 6.42 Å². The number of morpholine rings is 1. The van der Waals surface area contributed by atoms with E-state index in [4.69, 9.17) is 14.7 Å². The first-order valence-corrected chi connectivity index (χ1v) is 12.2. The van der Waals surface area contributed by atoms with Crippen LogP contribution in [0.1, 0.15) is 6.42 Å². The Kier molecular flexibility index (Phi) is 8.44. The molecule has 2 aromatic heterocycles. The van der Waals surface area contributed by atoms with Gasteiger partial charge >= 0.3 is 0 Å². The van der Waals surface area contributed by atoms with Crippen molar-refractivity contribution in [2.24, 2.45) is 0 Å². The molecule has 0 spiro atoms. The normalized spacial score (nSPS) is 16.4. The van der Waals surface area contributed by atoms with Gasteiger partial charge in [-0.25, -0.2) is 14.4 Å². The summed E-state index contributed by atoms with van der Waals surface area (Å²) in [5.41, 5.74) is 1.54. The lowest BCUT2D eigenvalue weighted by Gasteiger charge is -2.29. The van der Waals surface area contributed by atoms with E-state index in [0.29, 0.717) is 64.1 Å². The fourth-order valence-corrected chi connectivity index (χ4v) is 4.06. The van der Waals surface area contributed by atoms with Crippen molar-refractivity contribution >= 4 is 35.1 Å². The molecule has 2 aliphatic heterocycles. The van der Waals surface area contributed by atoms with Crippen LogP contribution in [0, 0.1) is 5.82 Å². The van der Waals surface area contributed by atoms with Gasteiger partial charge in [0.25, 0.3) is 0 Å². The van der Waals surface area contributed by atoms with Crippen LogP contribution < -0.4 is 14.7 Å². The van der Waals surface area contributed by atoms with E-state index in [1.165, 1.54) is 18.5 Å². The van der Waals surface area contributed by atoms with Gasteiger partial charge in [-0.3, -0.25) is 9.69 Å². The summed E-state index contributed by atoms with van der Waals surface area (Å²) in [4.78, 5) is 32.7. The number of nitrogens with zero attached hydrogens (tertiary/aromatic N) is 6. The van der Waals surface area contributed by atoms with Gasteiger partial charge in [0.05, 0.1) is 18.9 Å².